The Kier molecular flexibility index (Phi) is 4.25. The molecule has 1 aromatic carbocycles. The van der Waals surface area contributed by atoms with Crippen LogP contribution in [0.15, 0.2) is 41.1 Å². The van der Waals surface area contributed by atoms with Crippen molar-refractivity contribution in [1.82, 2.24) is 0 Å². The Labute approximate surface area is 126 Å². The van der Waals surface area contributed by atoms with Gasteiger partial charge in [0.2, 0.25) is 8.32 Å². The molecule has 0 bridgehead atoms. The molecule has 2 nitrogen and oxygen atoms in total. The molecule has 0 aliphatic carbocycles. The van der Waals surface area contributed by atoms with Crippen LogP contribution in [0.4, 0.5) is 11.4 Å². The first kappa shape index (κ1) is 15.1. The molecule has 108 valence electrons. The average molecular weight is 306 g/mol. The molecule has 2 aromatic rings. The van der Waals surface area contributed by atoms with Crippen LogP contribution in [0.3, 0.4) is 0 Å². The molecule has 0 aliphatic rings. The van der Waals surface area contributed by atoms with Crippen molar-refractivity contribution >= 4 is 31.0 Å². The van der Waals surface area contributed by atoms with Crippen LogP contribution in [0.5, 0.6) is 5.75 Å². The van der Waals surface area contributed by atoms with Gasteiger partial charge in [-0.1, -0.05) is 26.8 Å². The third-order valence-electron chi connectivity index (χ3n) is 3.82. The van der Waals surface area contributed by atoms with Crippen molar-refractivity contribution in [2.75, 3.05) is 5.32 Å². The molecule has 0 fully saturated rings. The highest BCUT2D eigenvalue weighted by Gasteiger charge is 2.38. The maximum atomic E-state index is 6.33. The van der Waals surface area contributed by atoms with E-state index < -0.39 is 8.32 Å². The fourth-order valence-corrected chi connectivity index (χ4v) is 3.20. The molecule has 0 unspecified atom stereocenters. The molecule has 2 rings (SSSR count). The maximum absolute atomic E-state index is 6.33. The summed E-state index contributed by atoms with van der Waals surface area (Å²) in [4.78, 5) is 0. The minimum Gasteiger partial charge on any atom is -0.543 e. The van der Waals surface area contributed by atoms with Crippen LogP contribution < -0.4 is 9.74 Å². The summed E-state index contributed by atoms with van der Waals surface area (Å²) < 4.78 is 6.33. The zero-order valence-electron chi connectivity index (χ0n) is 12.9. The lowest BCUT2D eigenvalue weighted by Crippen LogP contribution is -2.43. The molecule has 0 amide bonds. The van der Waals surface area contributed by atoms with Crippen molar-refractivity contribution in [3.05, 3.63) is 41.1 Å². The Morgan fingerprint density at radius 1 is 1.10 bits per heavy atom. The molecular weight excluding hydrogens is 282 g/mol. The van der Waals surface area contributed by atoms with Gasteiger partial charge in [-0.25, -0.2) is 0 Å². The second-order valence-electron chi connectivity index (χ2n) is 6.53. The number of rotatable bonds is 4. The predicted octanol–water partition coefficient (Wildman–Crippen LogP) is 5.88. The van der Waals surface area contributed by atoms with Gasteiger partial charge in [0, 0.05) is 22.8 Å². The first-order chi connectivity index (χ1) is 9.28. The summed E-state index contributed by atoms with van der Waals surface area (Å²) in [6, 6.07) is 10.3. The van der Waals surface area contributed by atoms with E-state index in [1.165, 1.54) is 0 Å². The molecule has 1 aromatic heterocycles. The highest BCUT2D eigenvalue weighted by Crippen LogP contribution is 2.37. The topological polar surface area (TPSA) is 21.3 Å². The average Bonchev–Trinajstić information content (AvgIpc) is 2.80. The second-order valence-corrected chi connectivity index (χ2v) is 12.0. The zero-order valence-corrected chi connectivity index (χ0v) is 14.7. The van der Waals surface area contributed by atoms with Crippen molar-refractivity contribution in [3.63, 3.8) is 0 Å². The molecule has 0 saturated carbocycles. The van der Waals surface area contributed by atoms with E-state index in [2.05, 4.69) is 68.1 Å². The van der Waals surface area contributed by atoms with E-state index in [4.69, 9.17) is 4.43 Å². The van der Waals surface area contributed by atoms with Gasteiger partial charge in [-0.05, 0) is 41.7 Å². The molecule has 1 heterocycles. The van der Waals surface area contributed by atoms with E-state index in [-0.39, 0.29) is 5.04 Å². The quantitative estimate of drug-likeness (QED) is 0.713. The minimum atomic E-state index is -1.77. The van der Waals surface area contributed by atoms with Gasteiger partial charge in [-0.15, -0.1) is 0 Å². The van der Waals surface area contributed by atoms with Gasteiger partial charge in [-0.3, -0.25) is 0 Å². The fraction of sp³-hybridized carbons (Fsp3) is 0.375. The first-order valence-corrected chi connectivity index (χ1v) is 10.7. The highest BCUT2D eigenvalue weighted by molar-refractivity contribution is 7.08. The number of thiophene rings is 1. The van der Waals surface area contributed by atoms with Gasteiger partial charge in [0.25, 0.3) is 0 Å². The number of hydrogen-bond acceptors (Lipinski definition) is 3. The Hall–Kier alpha value is -1.26. The van der Waals surface area contributed by atoms with Crippen LogP contribution in [-0.4, -0.2) is 8.32 Å². The highest BCUT2D eigenvalue weighted by atomic mass is 32.1. The summed E-state index contributed by atoms with van der Waals surface area (Å²) in [5.41, 5.74) is 2.19. The van der Waals surface area contributed by atoms with Crippen LogP contribution in [-0.2, 0) is 0 Å². The van der Waals surface area contributed by atoms with Crippen LogP contribution in [0.1, 0.15) is 20.8 Å². The Morgan fingerprint density at radius 2 is 1.85 bits per heavy atom. The Balaban J connectivity index is 2.14. The second kappa shape index (κ2) is 5.62. The molecular formula is C16H23NOSSi. The molecule has 0 atom stereocenters. The van der Waals surface area contributed by atoms with Gasteiger partial charge in [0.15, 0.2) is 0 Å². The van der Waals surface area contributed by atoms with Crippen molar-refractivity contribution in [2.24, 2.45) is 0 Å². The van der Waals surface area contributed by atoms with E-state index in [9.17, 15) is 0 Å². The SMILES string of the molecule is CC(C)(C)[Si](C)(C)Oc1cccc(Nc2ccsc2)c1. The van der Waals surface area contributed by atoms with Crippen molar-refractivity contribution in [1.29, 1.82) is 0 Å². The third kappa shape index (κ3) is 3.64. The van der Waals surface area contributed by atoms with Crippen LogP contribution in [0.25, 0.3) is 0 Å². The number of nitrogens with one attached hydrogen (secondary N) is 1. The lowest BCUT2D eigenvalue weighted by atomic mass is 10.2. The summed E-state index contributed by atoms with van der Waals surface area (Å²) in [7, 11) is -1.77. The lowest BCUT2D eigenvalue weighted by molar-refractivity contribution is 0.492. The minimum absolute atomic E-state index is 0.212. The summed E-state index contributed by atoms with van der Waals surface area (Å²) in [5, 5.41) is 7.77. The number of benzene rings is 1. The van der Waals surface area contributed by atoms with E-state index in [0.717, 1.165) is 17.1 Å². The number of hydrogen-bond donors (Lipinski definition) is 1. The summed E-state index contributed by atoms with van der Waals surface area (Å²) in [5.74, 6) is 0.955. The molecule has 0 radical (unpaired) electrons. The molecule has 20 heavy (non-hydrogen) atoms. The van der Waals surface area contributed by atoms with Crippen LogP contribution in [0.2, 0.25) is 18.1 Å². The van der Waals surface area contributed by atoms with E-state index in [1.54, 1.807) is 11.3 Å². The molecule has 4 heteroatoms. The normalized spacial score (nSPS) is 12.2. The van der Waals surface area contributed by atoms with Crippen molar-refractivity contribution in [2.45, 2.75) is 38.9 Å². The maximum Gasteiger partial charge on any atom is 0.250 e. The zero-order chi connectivity index (χ0) is 14.8. The summed E-state index contributed by atoms with van der Waals surface area (Å²) >= 11 is 1.69. The summed E-state index contributed by atoms with van der Waals surface area (Å²) in [6.45, 7) is 11.3. The molecule has 0 spiro atoms. The fourth-order valence-electron chi connectivity index (χ4n) is 1.59. The standard InChI is InChI=1S/C16H23NOSSi/c1-16(2,3)20(4,5)18-15-8-6-7-13(11-15)17-14-9-10-19-12-14/h6-12,17H,1-5H3. The molecule has 0 saturated heterocycles. The Morgan fingerprint density at radius 3 is 2.45 bits per heavy atom. The van der Waals surface area contributed by atoms with Crippen LogP contribution in [0, 0.1) is 0 Å². The van der Waals surface area contributed by atoms with Crippen LogP contribution >= 0.6 is 11.3 Å². The largest absolute Gasteiger partial charge is 0.543 e. The van der Waals surface area contributed by atoms with Crippen molar-refractivity contribution < 1.29 is 4.43 Å². The van der Waals surface area contributed by atoms with Gasteiger partial charge in [0.1, 0.15) is 5.75 Å². The van der Waals surface area contributed by atoms with Gasteiger partial charge in [0.05, 0.1) is 0 Å². The lowest BCUT2D eigenvalue weighted by Gasteiger charge is -2.36. The van der Waals surface area contributed by atoms with Gasteiger partial charge < -0.3 is 9.74 Å². The summed E-state index contributed by atoms with van der Waals surface area (Å²) in [6.07, 6.45) is 0. The molecule has 0 aliphatic heterocycles. The third-order valence-corrected chi connectivity index (χ3v) is 8.86. The van der Waals surface area contributed by atoms with E-state index in [0.29, 0.717) is 0 Å². The predicted molar refractivity (Wildman–Crippen MR) is 91.9 cm³/mol. The number of anilines is 2. The van der Waals surface area contributed by atoms with E-state index in [1.807, 2.05) is 12.1 Å². The monoisotopic (exact) mass is 305 g/mol. The smallest absolute Gasteiger partial charge is 0.250 e. The molecule has 1 N–H and O–H groups in total. The van der Waals surface area contributed by atoms with Gasteiger partial charge >= 0.3 is 0 Å². The van der Waals surface area contributed by atoms with Gasteiger partial charge in [-0.2, -0.15) is 11.3 Å². The van der Waals surface area contributed by atoms with E-state index >= 15 is 0 Å². The first-order valence-electron chi connectivity index (χ1n) is 6.86. The Bertz CT molecular complexity index is 558. The van der Waals surface area contributed by atoms with Crippen molar-refractivity contribution in [3.8, 4) is 5.75 Å².